The maximum atomic E-state index is 9.28. The van der Waals surface area contributed by atoms with Gasteiger partial charge < -0.3 is 14.9 Å². The molecule has 0 amide bonds. The fourth-order valence-corrected chi connectivity index (χ4v) is 1.58. The minimum absolute atomic E-state index is 0.0210. The molecule has 58 valence electrons. The maximum absolute atomic E-state index is 9.28. The summed E-state index contributed by atoms with van der Waals surface area (Å²) in [6, 6.07) is 0. The average Bonchev–Trinajstić information content (AvgIpc) is 2.55. The Morgan fingerprint density at radius 1 is 1.50 bits per heavy atom. The van der Waals surface area contributed by atoms with Crippen LogP contribution in [0.2, 0.25) is 0 Å². The van der Waals surface area contributed by atoms with Crippen LogP contribution in [0.4, 0.5) is 0 Å². The fraction of sp³-hybridized carbons (Fsp3) is 1.00. The summed E-state index contributed by atoms with van der Waals surface area (Å²) in [6.07, 6.45) is 2.08. The summed E-state index contributed by atoms with van der Waals surface area (Å²) in [7, 11) is 0. The second-order valence-electron chi connectivity index (χ2n) is 3.29. The van der Waals surface area contributed by atoms with E-state index >= 15 is 0 Å². The summed E-state index contributed by atoms with van der Waals surface area (Å²) in [5.74, 6) is 0. The molecule has 3 nitrogen and oxygen atoms in total. The van der Waals surface area contributed by atoms with E-state index in [1.807, 2.05) is 0 Å². The molecular weight excluding hydrogens is 132 g/mol. The van der Waals surface area contributed by atoms with E-state index in [-0.39, 0.29) is 18.3 Å². The molecule has 2 fully saturated rings. The van der Waals surface area contributed by atoms with Crippen molar-refractivity contribution < 1.29 is 14.9 Å². The van der Waals surface area contributed by atoms with Gasteiger partial charge in [0.15, 0.2) is 0 Å². The molecule has 1 saturated carbocycles. The lowest BCUT2D eigenvalue weighted by Gasteiger charge is -2.09. The van der Waals surface area contributed by atoms with Gasteiger partial charge in [0, 0.05) is 6.42 Å². The van der Waals surface area contributed by atoms with Crippen molar-refractivity contribution in [2.75, 3.05) is 6.61 Å². The van der Waals surface area contributed by atoms with Gasteiger partial charge in [-0.1, -0.05) is 0 Å². The third-order valence-electron chi connectivity index (χ3n) is 2.40. The van der Waals surface area contributed by atoms with Crippen molar-refractivity contribution in [3.05, 3.63) is 0 Å². The van der Waals surface area contributed by atoms with Crippen molar-refractivity contribution >= 4 is 0 Å². The lowest BCUT2D eigenvalue weighted by Crippen LogP contribution is -2.24. The van der Waals surface area contributed by atoms with E-state index in [1.54, 1.807) is 0 Å². The fourth-order valence-electron chi connectivity index (χ4n) is 1.58. The first-order valence-electron chi connectivity index (χ1n) is 3.72. The zero-order valence-corrected chi connectivity index (χ0v) is 5.79. The van der Waals surface area contributed by atoms with Gasteiger partial charge in [0.1, 0.15) is 6.10 Å². The Labute approximate surface area is 59.6 Å². The normalized spacial score (nSPS) is 42.6. The Balaban J connectivity index is 2.00. The molecule has 0 aromatic rings. The van der Waals surface area contributed by atoms with Crippen LogP contribution in [0.3, 0.4) is 0 Å². The molecule has 1 heterocycles. The zero-order valence-electron chi connectivity index (χ0n) is 5.79. The first kappa shape index (κ1) is 6.58. The molecular formula is C7H12O3. The standard InChI is InChI=1S/C7H12O3/c8-4-6-5(9)3-7(10-6)1-2-7/h5-6,8-9H,1-4H2/t5-,6?/m0/s1. The monoisotopic (exact) mass is 144 g/mol. The van der Waals surface area contributed by atoms with Crippen LogP contribution in [0, 0.1) is 0 Å². The van der Waals surface area contributed by atoms with E-state index in [2.05, 4.69) is 0 Å². The predicted octanol–water partition coefficient (Wildman–Crippen LogP) is -0.339. The number of aliphatic hydroxyl groups is 2. The minimum atomic E-state index is -0.438. The summed E-state index contributed by atoms with van der Waals surface area (Å²) in [5, 5.41) is 18.0. The Kier molecular flexibility index (Phi) is 1.27. The number of hydrogen-bond donors (Lipinski definition) is 2. The average molecular weight is 144 g/mol. The van der Waals surface area contributed by atoms with Gasteiger partial charge in [0.05, 0.1) is 18.3 Å². The maximum Gasteiger partial charge on any atom is 0.107 e. The third-order valence-corrected chi connectivity index (χ3v) is 2.40. The Morgan fingerprint density at radius 2 is 2.20 bits per heavy atom. The van der Waals surface area contributed by atoms with Gasteiger partial charge in [0.25, 0.3) is 0 Å². The van der Waals surface area contributed by atoms with Crippen molar-refractivity contribution in [1.82, 2.24) is 0 Å². The molecule has 3 heteroatoms. The number of ether oxygens (including phenoxy) is 1. The topological polar surface area (TPSA) is 49.7 Å². The molecule has 0 aromatic heterocycles. The smallest absolute Gasteiger partial charge is 0.107 e. The first-order chi connectivity index (χ1) is 4.76. The van der Waals surface area contributed by atoms with Crippen molar-refractivity contribution in [2.24, 2.45) is 0 Å². The Hall–Kier alpha value is -0.120. The first-order valence-corrected chi connectivity index (χ1v) is 3.72. The summed E-state index contributed by atoms with van der Waals surface area (Å²) in [4.78, 5) is 0. The van der Waals surface area contributed by atoms with Crippen LogP contribution in [0.15, 0.2) is 0 Å². The molecule has 1 saturated heterocycles. The van der Waals surface area contributed by atoms with Gasteiger partial charge in [-0.15, -0.1) is 0 Å². The van der Waals surface area contributed by atoms with E-state index in [9.17, 15) is 5.11 Å². The van der Waals surface area contributed by atoms with Gasteiger partial charge in [-0.3, -0.25) is 0 Å². The van der Waals surface area contributed by atoms with E-state index < -0.39 is 6.10 Å². The highest BCUT2D eigenvalue weighted by Crippen LogP contribution is 2.49. The van der Waals surface area contributed by atoms with Crippen LogP contribution in [0.25, 0.3) is 0 Å². The molecule has 1 spiro atoms. The van der Waals surface area contributed by atoms with Crippen molar-refractivity contribution in [3.8, 4) is 0 Å². The number of hydrogen-bond acceptors (Lipinski definition) is 3. The van der Waals surface area contributed by atoms with E-state index in [0.717, 1.165) is 19.3 Å². The molecule has 10 heavy (non-hydrogen) atoms. The number of rotatable bonds is 1. The summed E-state index contributed by atoms with van der Waals surface area (Å²) in [5.41, 5.74) is -0.0210. The highest BCUT2D eigenvalue weighted by atomic mass is 16.5. The van der Waals surface area contributed by atoms with E-state index in [1.165, 1.54) is 0 Å². The summed E-state index contributed by atoms with van der Waals surface area (Å²) in [6.45, 7) is -0.0527. The van der Waals surface area contributed by atoms with Crippen molar-refractivity contribution in [3.63, 3.8) is 0 Å². The van der Waals surface area contributed by atoms with Crippen molar-refractivity contribution in [2.45, 2.75) is 37.1 Å². The number of aliphatic hydroxyl groups excluding tert-OH is 2. The highest BCUT2D eigenvalue weighted by Gasteiger charge is 2.53. The molecule has 2 aliphatic rings. The predicted molar refractivity (Wildman–Crippen MR) is 34.5 cm³/mol. The molecule has 1 unspecified atom stereocenters. The molecule has 0 aromatic carbocycles. The second kappa shape index (κ2) is 1.94. The van der Waals surface area contributed by atoms with Crippen molar-refractivity contribution in [1.29, 1.82) is 0 Å². The van der Waals surface area contributed by atoms with Gasteiger partial charge in [0.2, 0.25) is 0 Å². The van der Waals surface area contributed by atoms with Crippen LogP contribution in [0.1, 0.15) is 19.3 Å². The van der Waals surface area contributed by atoms with Crippen LogP contribution in [-0.2, 0) is 4.74 Å². The molecule has 2 rings (SSSR count). The van der Waals surface area contributed by atoms with E-state index in [0.29, 0.717) is 0 Å². The SMILES string of the molecule is OCC1OC2(CC2)C[C@@H]1O. The van der Waals surface area contributed by atoms with Crippen LogP contribution < -0.4 is 0 Å². The zero-order chi connectivity index (χ0) is 7.19. The van der Waals surface area contributed by atoms with Gasteiger partial charge >= 0.3 is 0 Å². The van der Waals surface area contributed by atoms with Crippen LogP contribution in [0.5, 0.6) is 0 Å². The molecule has 0 radical (unpaired) electrons. The Bertz CT molecular complexity index is 142. The van der Waals surface area contributed by atoms with Gasteiger partial charge in [-0.25, -0.2) is 0 Å². The Morgan fingerprint density at radius 3 is 2.50 bits per heavy atom. The molecule has 1 aliphatic heterocycles. The van der Waals surface area contributed by atoms with E-state index in [4.69, 9.17) is 9.84 Å². The van der Waals surface area contributed by atoms with Crippen LogP contribution in [-0.4, -0.2) is 34.6 Å². The van der Waals surface area contributed by atoms with Gasteiger partial charge in [-0.2, -0.15) is 0 Å². The highest BCUT2D eigenvalue weighted by molar-refractivity contribution is 5.04. The molecule has 2 N–H and O–H groups in total. The molecule has 0 bridgehead atoms. The summed E-state index contributed by atoms with van der Waals surface area (Å²) < 4.78 is 5.42. The lowest BCUT2D eigenvalue weighted by atomic mass is 10.1. The largest absolute Gasteiger partial charge is 0.394 e. The second-order valence-corrected chi connectivity index (χ2v) is 3.29. The third kappa shape index (κ3) is 0.856. The van der Waals surface area contributed by atoms with Crippen LogP contribution >= 0.6 is 0 Å². The minimum Gasteiger partial charge on any atom is -0.394 e. The summed E-state index contributed by atoms with van der Waals surface area (Å²) >= 11 is 0. The van der Waals surface area contributed by atoms with Gasteiger partial charge in [-0.05, 0) is 12.8 Å². The molecule has 2 atom stereocenters. The lowest BCUT2D eigenvalue weighted by molar-refractivity contribution is -0.0307. The molecule has 1 aliphatic carbocycles. The quantitative estimate of drug-likeness (QED) is 0.529.